The number of rotatable bonds is 11. The third-order valence-corrected chi connectivity index (χ3v) is 7.63. The first-order valence-electron chi connectivity index (χ1n) is 12.2. The Morgan fingerprint density at radius 3 is 2.32 bits per heavy atom. The minimum atomic E-state index is -2.58. The second kappa shape index (κ2) is 12.8. The van der Waals surface area contributed by atoms with Crippen LogP contribution in [0.4, 0.5) is 14.5 Å². The highest BCUT2D eigenvalue weighted by molar-refractivity contribution is 7.14. The fourth-order valence-corrected chi connectivity index (χ4v) is 5.40. The van der Waals surface area contributed by atoms with Crippen molar-refractivity contribution in [3.63, 3.8) is 0 Å². The van der Waals surface area contributed by atoms with Gasteiger partial charge in [0.2, 0.25) is 5.92 Å². The number of ether oxygens (including phenoxy) is 2. The zero-order valence-corrected chi connectivity index (χ0v) is 22.5. The normalized spacial score (nSPS) is 19.6. The van der Waals surface area contributed by atoms with Crippen LogP contribution in [0, 0.1) is 11.8 Å². The molecule has 0 amide bonds. The van der Waals surface area contributed by atoms with Gasteiger partial charge in [0.1, 0.15) is 4.88 Å². The number of nitrogens with zero attached hydrogens (tertiary/aromatic N) is 1. The number of thiophene rings is 1. The molecule has 192 valence electrons. The van der Waals surface area contributed by atoms with Crippen LogP contribution in [0.3, 0.4) is 0 Å². The fraction of sp³-hybridized carbons (Fsp3) is 0.667. The summed E-state index contributed by atoms with van der Waals surface area (Å²) in [6.07, 6.45) is 9.14. The number of methoxy groups -OCH3 is 2. The lowest BCUT2D eigenvalue weighted by molar-refractivity contribution is -0.0379. The van der Waals surface area contributed by atoms with Crippen molar-refractivity contribution in [3.8, 4) is 0 Å². The van der Waals surface area contributed by atoms with Crippen LogP contribution in [-0.2, 0) is 9.47 Å². The summed E-state index contributed by atoms with van der Waals surface area (Å²) < 4.78 is 38.0. The fourth-order valence-electron chi connectivity index (χ4n) is 4.14. The van der Waals surface area contributed by atoms with Crippen molar-refractivity contribution in [2.45, 2.75) is 84.3 Å². The van der Waals surface area contributed by atoms with Gasteiger partial charge in [0.15, 0.2) is 0 Å². The summed E-state index contributed by atoms with van der Waals surface area (Å²) in [5.41, 5.74) is 0.816. The highest BCUT2D eigenvalue weighted by atomic mass is 32.1. The predicted octanol–water partition coefficient (Wildman–Crippen LogP) is 7.46. The van der Waals surface area contributed by atoms with Gasteiger partial charge in [-0.25, -0.2) is 13.6 Å². The van der Waals surface area contributed by atoms with Gasteiger partial charge in [0.05, 0.1) is 18.9 Å². The van der Waals surface area contributed by atoms with Crippen LogP contribution >= 0.6 is 11.3 Å². The minimum Gasteiger partial charge on any atom is -0.465 e. The van der Waals surface area contributed by atoms with Crippen LogP contribution in [-0.4, -0.2) is 44.8 Å². The average Bonchev–Trinajstić information content (AvgIpc) is 3.23. The Kier molecular flexibility index (Phi) is 10.8. The van der Waals surface area contributed by atoms with Gasteiger partial charge in [-0.2, -0.15) is 0 Å². The quantitative estimate of drug-likeness (QED) is 0.235. The minimum absolute atomic E-state index is 0.00551. The molecule has 0 N–H and O–H groups in total. The van der Waals surface area contributed by atoms with Crippen molar-refractivity contribution >= 4 is 23.0 Å². The second-order valence-corrected chi connectivity index (χ2v) is 10.9. The van der Waals surface area contributed by atoms with Crippen molar-refractivity contribution in [2.75, 3.05) is 25.7 Å². The van der Waals surface area contributed by atoms with Crippen LogP contribution in [0.2, 0.25) is 0 Å². The van der Waals surface area contributed by atoms with E-state index in [4.69, 9.17) is 9.47 Å². The number of alkyl halides is 2. The highest BCUT2D eigenvalue weighted by Gasteiger charge is 2.37. The predicted molar refractivity (Wildman–Crippen MR) is 137 cm³/mol. The third kappa shape index (κ3) is 8.19. The molecule has 0 spiro atoms. The van der Waals surface area contributed by atoms with Crippen LogP contribution in [0.5, 0.6) is 0 Å². The van der Waals surface area contributed by atoms with E-state index in [1.54, 1.807) is 7.11 Å². The monoisotopic (exact) mass is 497 g/mol. The van der Waals surface area contributed by atoms with Gasteiger partial charge in [0.25, 0.3) is 0 Å². The van der Waals surface area contributed by atoms with E-state index in [2.05, 4.69) is 50.8 Å². The molecule has 3 unspecified atom stereocenters. The number of carbonyl (C=O) groups excluding carboxylic acids is 1. The summed E-state index contributed by atoms with van der Waals surface area (Å²) in [5, 5.41) is 0. The lowest BCUT2D eigenvalue weighted by Crippen LogP contribution is -2.36. The molecule has 1 aliphatic rings. The molecule has 3 atom stereocenters. The molecule has 34 heavy (non-hydrogen) atoms. The molecule has 2 rings (SSSR count). The van der Waals surface area contributed by atoms with E-state index in [1.165, 1.54) is 18.4 Å². The van der Waals surface area contributed by atoms with Gasteiger partial charge in [-0.15, -0.1) is 11.3 Å². The van der Waals surface area contributed by atoms with Crippen molar-refractivity contribution in [2.24, 2.45) is 11.8 Å². The van der Waals surface area contributed by atoms with Gasteiger partial charge in [-0.1, -0.05) is 45.1 Å². The highest BCUT2D eigenvalue weighted by Crippen LogP contribution is 2.45. The molecule has 1 fully saturated rings. The van der Waals surface area contributed by atoms with Crippen molar-refractivity contribution in [3.05, 3.63) is 40.1 Å². The molecular formula is C27H41F2NO3S. The molecule has 4 nitrogen and oxygen atoms in total. The van der Waals surface area contributed by atoms with Gasteiger partial charge in [-0.3, -0.25) is 0 Å². The van der Waals surface area contributed by atoms with Crippen molar-refractivity contribution in [1.29, 1.82) is 0 Å². The standard InChI is InChI=1S/C27H41F2NO3S/c1-18(2)8-9-19(3)17-30(20(4)10-11-21(5)32-6)23-16-24(34-25(23)26(31)33-7)22-12-14-27(28,29)15-13-22/h8-11,16,18-22H,12-15,17H2,1-7H3/b9-8+,11-10+. The van der Waals surface area contributed by atoms with Crippen molar-refractivity contribution < 1.29 is 23.0 Å². The molecule has 0 aromatic carbocycles. The Morgan fingerprint density at radius 2 is 1.76 bits per heavy atom. The molecular weight excluding hydrogens is 456 g/mol. The SMILES string of the molecule is COC(=O)c1sc(C2CCC(F)(F)CC2)cc1N(CC(C)/C=C/C(C)C)C(C)/C=C/C(C)OC. The molecule has 1 aliphatic carbocycles. The summed E-state index contributed by atoms with van der Waals surface area (Å²) in [6.45, 7) is 11.2. The van der Waals surface area contributed by atoms with E-state index in [0.29, 0.717) is 30.2 Å². The number of allylic oxidation sites excluding steroid dienone is 1. The zero-order valence-electron chi connectivity index (χ0n) is 21.6. The van der Waals surface area contributed by atoms with E-state index in [0.717, 1.165) is 10.6 Å². The summed E-state index contributed by atoms with van der Waals surface area (Å²) in [7, 11) is 3.05. The van der Waals surface area contributed by atoms with Gasteiger partial charge in [-0.05, 0) is 50.5 Å². The van der Waals surface area contributed by atoms with E-state index in [1.807, 2.05) is 19.1 Å². The molecule has 1 aromatic heterocycles. The van der Waals surface area contributed by atoms with Gasteiger partial charge in [0, 0.05) is 37.4 Å². The average molecular weight is 498 g/mol. The Labute approximate surface area is 208 Å². The van der Waals surface area contributed by atoms with E-state index >= 15 is 0 Å². The zero-order chi connectivity index (χ0) is 25.5. The van der Waals surface area contributed by atoms with Gasteiger partial charge < -0.3 is 14.4 Å². The molecule has 1 saturated carbocycles. The number of halogens is 2. The van der Waals surface area contributed by atoms with Crippen LogP contribution in [0.15, 0.2) is 30.4 Å². The molecule has 1 heterocycles. The lowest BCUT2D eigenvalue weighted by atomic mass is 9.86. The molecule has 0 saturated heterocycles. The number of carbonyl (C=O) groups is 1. The van der Waals surface area contributed by atoms with Crippen LogP contribution in [0.25, 0.3) is 0 Å². The van der Waals surface area contributed by atoms with E-state index in [9.17, 15) is 13.6 Å². The first-order valence-corrected chi connectivity index (χ1v) is 13.0. The Morgan fingerprint density at radius 1 is 1.12 bits per heavy atom. The van der Waals surface area contributed by atoms with Crippen LogP contribution < -0.4 is 4.90 Å². The molecule has 1 aromatic rings. The second-order valence-electron chi connectivity index (χ2n) is 9.81. The Balaban J connectivity index is 2.44. The summed E-state index contributed by atoms with van der Waals surface area (Å²) >= 11 is 1.39. The van der Waals surface area contributed by atoms with Crippen LogP contribution in [0.1, 0.15) is 80.8 Å². The van der Waals surface area contributed by atoms with E-state index in [-0.39, 0.29) is 42.8 Å². The van der Waals surface area contributed by atoms with Gasteiger partial charge >= 0.3 is 5.97 Å². The first kappa shape index (κ1) is 28.5. The molecule has 0 radical (unpaired) electrons. The Hall–Kier alpha value is -1.73. The maximum absolute atomic E-state index is 13.7. The molecule has 7 heteroatoms. The Bertz CT molecular complexity index is 839. The van der Waals surface area contributed by atoms with Crippen molar-refractivity contribution in [1.82, 2.24) is 0 Å². The molecule has 0 aliphatic heterocycles. The number of esters is 1. The smallest absolute Gasteiger partial charge is 0.350 e. The number of hydrogen-bond acceptors (Lipinski definition) is 5. The maximum atomic E-state index is 13.7. The summed E-state index contributed by atoms with van der Waals surface area (Å²) in [6, 6.07) is 2.03. The third-order valence-electron chi connectivity index (χ3n) is 6.36. The summed E-state index contributed by atoms with van der Waals surface area (Å²) in [4.78, 5) is 16.5. The lowest BCUT2D eigenvalue weighted by Gasteiger charge is -2.32. The largest absolute Gasteiger partial charge is 0.465 e. The maximum Gasteiger partial charge on any atom is 0.350 e. The topological polar surface area (TPSA) is 38.8 Å². The number of hydrogen-bond donors (Lipinski definition) is 0. The van der Waals surface area contributed by atoms with E-state index < -0.39 is 5.92 Å². The summed E-state index contributed by atoms with van der Waals surface area (Å²) in [5.74, 6) is -2.21. The number of anilines is 1. The molecule has 0 bridgehead atoms. The first-order chi connectivity index (χ1) is 16.0.